The molecule has 0 unspecified atom stereocenters. The third-order valence-corrected chi connectivity index (χ3v) is 6.94. The van der Waals surface area contributed by atoms with Gasteiger partial charge in [0.25, 0.3) is 10.0 Å². The first-order chi connectivity index (χ1) is 13.7. The summed E-state index contributed by atoms with van der Waals surface area (Å²) < 4.78 is 31.5. The number of hydrogen-bond donors (Lipinski definition) is 1. The number of thioether (sulfide) groups is 1. The van der Waals surface area contributed by atoms with Crippen molar-refractivity contribution >= 4 is 45.3 Å². The highest BCUT2D eigenvalue weighted by Crippen LogP contribution is 2.26. The number of esters is 1. The molecule has 3 aromatic rings. The number of ether oxygens (including phenoxy) is 1. The first-order valence-electron chi connectivity index (χ1n) is 8.27. The van der Waals surface area contributed by atoms with Crippen LogP contribution in [-0.2, 0) is 20.5 Å². The zero-order valence-corrected chi connectivity index (χ0v) is 17.9. The highest BCUT2D eigenvalue weighted by Gasteiger charge is 2.27. The van der Waals surface area contributed by atoms with Crippen LogP contribution in [0.5, 0.6) is 0 Å². The Labute approximate surface area is 177 Å². The van der Waals surface area contributed by atoms with E-state index in [0.717, 1.165) is 5.56 Å². The predicted molar refractivity (Wildman–Crippen MR) is 111 cm³/mol. The molecule has 0 spiro atoms. The Bertz CT molecular complexity index is 1160. The second-order valence-electron chi connectivity index (χ2n) is 5.94. The Hall–Kier alpha value is -2.56. The van der Waals surface area contributed by atoms with Crippen LogP contribution in [0.4, 0.5) is 5.95 Å². The normalized spacial score (nSPS) is 11.4. The molecule has 0 radical (unpaired) electrons. The van der Waals surface area contributed by atoms with Crippen molar-refractivity contribution in [1.82, 2.24) is 14.2 Å². The summed E-state index contributed by atoms with van der Waals surface area (Å²) in [6, 6.07) is 11.5. The molecule has 1 aromatic heterocycles. The maximum absolute atomic E-state index is 13.1. The minimum Gasteiger partial charge on any atom is -0.465 e. The largest absolute Gasteiger partial charge is 0.465 e. The molecule has 29 heavy (non-hydrogen) atoms. The van der Waals surface area contributed by atoms with Crippen molar-refractivity contribution in [3.63, 3.8) is 0 Å². The number of methoxy groups -OCH3 is 1. The number of nitrogens with two attached hydrogens (primary N) is 1. The fourth-order valence-electron chi connectivity index (χ4n) is 2.58. The first kappa shape index (κ1) is 21.2. The van der Waals surface area contributed by atoms with Gasteiger partial charge in [0.2, 0.25) is 11.1 Å². The van der Waals surface area contributed by atoms with Crippen LogP contribution < -0.4 is 5.73 Å². The van der Waals surface area contributed by atoms with E-state index >= 15 is 0 Å². The summed E-state index contributed by atoms with van der Waals surface area (Å²) >= 11 is 7.10. The van der Waals surface area contributed by atoms with Crippen molar-refractivity contribution in [2.75, 3.05) is 12.8 Å². The molecule has 0 amide bonds. The van der Waals surface area contributed by atoms with Gasteiger partial charge in [-0.15, -0.1) is 9.19 Å². The summed E-state index contributed by atoms with van der Waals surface area (Å²) in [6.45, 7) is 1.52. The van der Waals surface area contributed by atoms with Crippen molar-refractivity contribution in [3.8, 4) is 0 Å². The van der Waals surface area contributed by atoms with Crippen LogP contribution in [0.3, 0.4) is 0 Å². The summed E-state index contributed by atoms with van der Waals surface area (Å²) in [7, 11) is -2.93. The lowest BCUT2D eigenvalue weighted by atomic mass is 10.1. The zero-order valence-electron chi connectivity index (χ0n) is 15.5. The number of carbonyl (C=O) groups is 1. The second-order valence-corrected chi connectivity index (χ2v) is 9.05. The molecule has 11 heteroatoms. The number of halogens is 1. The standard InChI is InChI=1S/C18H17ClN4O4S2/c1-11-14(16(24)27-2)4-3-5-15(11)29(25,26)23-17(20)21-18(22-23)28-10-12-6-8-13(19)9-7-12/h3-9H,10H2,1-2H3,(H2,20,21,22). The van der Waals surface area contributed by atoms with Crippen molar-refractivity contribution in [2.24, 2.45) is 0 Å². The Balaban J connectivity index is 1.90. The van der Waals surface area contributed by atoms with E-state index in [-0.39, 0.29) is 27.1 Å². The summed E-state index contributed by atoms with van der Waals surface area (Å²) in [5.41, 5.74) is 7.17. The molecule has 0 aliphatic rings. The second kappa shape index (κ2) is 8.44. The highest BCUT2D eigenvalue weighted by atomic mass is 35.5. The van der Waals surface area contributed by atoms with E-state index < -0.39 is 16.0 Å². The fraction of sp³-hybridized carbons (Fsp3) is 0.167. The molecule has 0 fully saturated rings. The van der Waals surface area contributed by atoms with E-state index in [9.17, 15) is 13.2 Å². The number of carbonyl (C=O) groups excluding carboxylic acids is 1. The van der Waals surface area contributed by atoms with E-state index in [1.54, 1.807) is 12.1 Å². The number of nitrogens with zero attached hydrogens (tertiary/aromatic N) is 3. The van der Waals surface area contributed by atoms with Gasteiger partial charge >= 0.3 is 5.97 Å². The molecule has 0 atom stereocenters. The van der Waals surface area contributed by atoms with Gasteiger partial charge in [-0.25, -0.2) is 4.79 Å². The van der Waals surface area contributed by atoms with Crippen LogP contribution in [0.15, 0.2) is 52.5 Å². The third kappa shape index (κ3) is 4.39. The van der Waals surface area contributed by atoms with Crippen molar-refractivity contribution in [3.05, 3.63) is 64.2 Å². The van der Waals surface area contributed by atoms with Gasteiger partial charge in [-0.05, 0) is 42.3 Å². The van der Waals surface area contributed by atoms with Crippen molar-refractivity contribution in [2.45, 2.75) is 22.7 Å². The van der Waals surface area contributed by atoms with Gasteiger partial charge in [-0.3, -0.25) is 0 Å². The van der Waals surface area contributed by atoms with Crippen LogP contribution in [0.1, 0.15) is 21.5 Å². The van der Waals surface area contributed by atoms with Crippen molar-refractivity contribution < 1.29 is 17.9 Å². The molecule has 0 saturated carbocycles. The molecular formula is C18H17ClN4O4S2. The average Bonchev–Trinajstić information content (AvgIpc) is 3.08. The zero-order chi connectivity index (χ0) is 21.2. The number of aromatic nitrogens is 3. The number of benzene rings is 2. The Morgan fingerprint density at radius 1 is 1.24 bits per heavy atom. The van der Waals surface area contributed by atoms with E-state index in [2.05, 4.69) is 10.1 Å². The monoisotopic (exact) mass is 452 g/mol. The smallest absolute Gasteiger partial charge is 0.338 e. The molecule has 2 aromatic carbocycles. The van der Waals surface area contributed by atoms with E-state index in [0.29, 0.717) is 14.9 Å². The maximum atomic E-state index is 13.1. The maximum Gasteiger partial charge on any atom is 0.338 e. The molecule has 152 valence electrons. The summed E-state index contributed by atoms with van der Waals surface area (Å²) in [5, 5.41) is 4.88. The number of rotatable bonds is 6. The fourth-order valence-corrected chi connectivity index (χ4v) is 4.95. The van der Waals surface area contributed by atoms with Crippen LogP contribution in [0, 0.1) is 6.92 Å². The molecule has 0 aliphatic heterocycles. The third-order valence-electron chi connectivity index (χ3n) is 4.06. The van der Waals surface area contributed by atoms with Crippen LogP contribution >= 0.6 is 23.4 Å². The van der Waals surface area contributed by atoms with Gasteiger partial charge in [-0.2, -0.15) is 13.4 Å². The van der Waals surface area contributed by atoms with Crippen LogP contribution in [0.2, 0.25) is 5.02 Å². The SMILES string of the molecule is COC(=O)c1cccc(S(=O)(=O)n2nc(SCc3ccc(Cl)cc3)nc2N)c1C. The number of nitrogen functional groups attached to an aromatic ring is 1. The van der Waals surface area contributed by atoms with E-state index in [4.69, 9.17) is 22.1 Å². The molecule has 8 nitrogen and oxygen atoms in total. The quantitative estimate of drug-likeness (QED) is 0.447. The lowest BCUT2D eigenvalue weighted by Gasteiger charge is -2.11. The van der Waals surface area contributed by atoms with E-state index in [1.807, 2.05) is 12.1 Å². The van der Waals surface area contributed by atoms with E-state index in [1.165, 1.54) is 44.0 Å². The Morgan fingerprint density at radius 3 is 2.59 bits per heavy atom. The minimum absolute atomic E-state index is 0.105. The topological polar surface area (TPSA) is 117 Å². The van der Waals surface area contributed by atoms with Crippen LogP contribution in [0.25, 0.3) is 0 Å². The van der Waals surface area contributed by atoms with Gasteiger partial charge in [0, 0.05) is 10.8 Å². The Morgan fingerprint density at radius 2 is 1.93 bits per heavy atom. The molecule has 0 aliphatic carbocycles. The van der Waals surface area contributed by atoms with Crippen LogP contribution in [-0.4, -0.2) is 35.7 Å². The average molecular weight is 453 g/mol. The molecule has 0 bridgehead atoms. The number of hydrogen-bond acceptors (Lipinski definition) is 8. The van der Waals surface area contributed by atoms with Gasteiger partial charge in [0.05, 0.1) is 17.6 Å². The minimum atomic E-state index is -4.15. The molecule has 2 N–H and O–H groups in total. The molecular weight excluding hydrogens is 436 g/mol. The summed E-state index contributed by atoms with van der Waals surface area (Å²) in [5.74, 6) is -0.394. The lowest BCUT2D eigenvalue weighted by Crippen LogP contribution is -2.19. The highest BCUT2D eigenvalue weighted by molar-refractivity contribution is 7.98. The summed E-state index contributed by atoms with van der Waals surface area (Å²) in [4.78, 5) is 15.8. The summed E-state index contributed by atoms with van der Waals surface area (Å²) in [6.07, 6.45) is 0. The Kier molecular flexibility index (Phi) is 6.15. The molecule has 1 heterocycles. The first-order valence-corrected chi connectivity index (χ1v) is 11.1. The van der Waals surface area contributed by atoms with Gasteiger partial charge in [-0.1, -0.05) is 41.6 Å². The van der Waals surface area contributed by atoms with Gasteiger partial charge < -0.3 is 10.5 Å². The molecule has 0 saturated heterocycles. The number of anilines is 1. The molecule has 3 rings (SSSR count). The lowest BCUT2D eigenvalue weighted by molar-refractivity contribution is 0.0599. The van der Waals surface area contributed by atoms with Gasteiger partial charge in [0.15, 0.2) is 0 Å². The van der Waals surface area contributed by atoms with Gasteiger partial charge in [0.1, 0.15) is 0 Å². The predicted octanol–water partition coefficient (Wildman–Crippen LogP) is 3.14. The van der Waals surface area contributed by atoms with Crippen molar-refractivity contribution in [1.29, 1.82) is 0 Å².